The van der Waals surface area contributed by atoms with Crippen molar-refractivity contribution in [3.63, 3.8) is 0 Å². The number of hydrogen-bond donors (Lipinski definition) is 2. The van der Waals surface area contributed by atoms with E-state index in [0.29, 0.717) is 16.9 Å². The third kappa shape index (κ3) is 4.06. The lowest BCUT2D eigenvalue weighted by Crippen LogP contribution is -2.42. The lowest BCUT2D eigenvalue weighted by Gasteiger charge is -2.08. The Hall–Kier alpha value is -3.37. The average molecular weight is 310 g/mol. The molecule has 0 aliphatic carbocycles. The molecule has 23 heavy (non-hydrogen) atoms. The van der Waals surface area contributed by atoms with E-state index in [2.05, 4.69) is 10.9 Å². The highest BCUT2D eigenvalue weighted by Gasteiger charge is 2.14. The third-order valence-electron chi connectivity index (χ3n) is 3.03. The minimum atomic E-state index is -0.743. The molecule has 0 atom stereocenters. The second kappa shape index (κ2) is 7.59. The summed E-state index contributed by atoms with van der Waals surface area (Å²) in [6.45, 7) is 0. The maximum Gasteiger partial charge on any atom is 0.281 e. The van der Waals surface area contributed by atoms with Crippen LogP contribution in [-0.2, 0) is 9.59 Å². The molecule has 0 aliphatic rings. The topological polar surface area (TPSA) is 84.5 Å². The molecule has 2 N–H and O–H groups in total. The molecule has 0 heterocycles. The van der Waals surface area contributed by atoms with Gasteiger partial charge in [-0.25, -0.2) is 4.79 Å². The Morgan fingerprint density at radius 3 is 2.13 bits per heavy atom. The number of carbonyl (C=O) groups excluding carboxylic acids is 3. The lowest BCUT2D eigenvalue weighted by atomic mass is 10.1. The van der Waals surface area contributed by atoms with Crippen LogP contribution in [0.3, 0.4) is 0 Å². The zero-order valence-corrected chi connectivity index (χ0v) is 12.3. The van der Waals surface area contributed by atoms with E-state index >= 15 is 0 Å². The molecule has 2 rings (SSSR count). The van der Waals surface area contributed by atoms with Crippen molar-refractivity contribution in [2.24, 2.45) is 0 Å². The van der Waals surface area contributed by atoms with Gasteiger partial charge in [0.05, 0.1) is 7.11 Å². The summed E-state index contributed by atoms with van der Waals surface area (Å²) in [6.07, 6.45) is 0. The number of ether oxygens (including phenoxy) is 1. The van der Waals surface area contributed by atoms with Crippen molar-refractivity contribution in [1.29, 1.82) is 0 Å². The average Bonchev–Trinajstić information content (AvgIpc) is 2.61. The van der Waals surface area contributed by atoms with Gasteiger partial charge >= 0.3 is 0 Å². The lowest BCUT2D eigenvalue weighted by molar-refractivity contribution is -0.116. The molecular formula is C17H14N2O4. The molecule has 0 fully saturated rings. The standard InChI is InChI=1S/C17H14N2O4/c1-23-14-9-7-13(8-10-14)16(21)18-19-17(22)15(11-20)12-5-3-2-4-6-12/h2-10H,1H3,(H,18,21)(H,19,22). The monoisotopic (exact) mass is 310 g/mol. The van der Waals surface area contributed by atoms with Crippen LogP contribution in [0.25, 0.3) is 5.57 Å². The second-order valence-electron chi connectivity index (χ2n) is 4.48. The molecule has 0 aliphatic heterocycles. The molecule has 6 nitrogen and oxygen atoms in total. The first-order valence-corrected chi connectivity index (χ1v) is 6.71. The van der Waals surface area contributed by atoms with E-state index in [1.54, 1.807) is 60.5 Å². The Bertz CT molecular complexity index is 748. The van der Waals surface area contributed by atoms with E-state index in [1.165, 1.54) is 7.11 Å². The molecular weight excluding hydrogens is 296 g/mol. The molecule has 2 aromatic rings. The van der Waals surface area contributed by atoms with Crippen molar-refractivity contribution >= 4 is 23.3 Å². The molecule has 6 heteroatoms. The van der Waals surface area contributed by atoms with Crippen LogP contribution in [0.15, 0.2) is 54.6 Å². The number of benzene rings is 2. The summed E-state index contributed by atoms with van der Waals surface area (Å²) in [5, 5.41) is 0. The van der Waals surface area contributed by atoms with E-state index in [9.17, 15) is 14.4 Å². The van der Waals surface area contributed by atoms with Crippen LogP contribution in [-0.4, -0.2) is 24.9 Å². The fourth-order valence-corrected chi connectivity index (χ4v) is 1.83. The molecule has 2 aromatic carbocycles. The number of hydrogen-bond acceptors (Lipinski definition) is 4. The van der Waals surface area contributed by atoms with Gasteiger partial charge in [0.15, 0.2) is 0 Å². The van der Waals surface area contributed by atoms with E-state index in [-0.39, 0.29) is 5.57 Å². The Morgan fingerprint density at radius 1 is 0.913 bits per heavy atom. The number of amides is 2. The van der Waals surface area contributed by atoms with Crippen LogP contribution in [0.1, 0.15) is 15.9 Å². The van der Waals surface area contributed by atoms with Gasteiger partial charge in [-0.05, 0) is 29.8 Å². The van der Waals surface area contributed by atoms with Crippen molar-refractivity contribution in [2.75, 3.05) is 7.11 Å². The van der Waals surface area contributed by atoms with Crippen LogP contribution in [0.4, 0.5) is 0 Å². The van der Waals surface area contributed by atoms with Crippen LogP contribution in [0.5, 0.6) is 5.75 Å². The first kappa shape index (κ1) is 16.0. The molecule has 0 spiro atoms. The number of methoxy groups -OCH3 is 1. The van der Waals surface area contributed by atoms with Crippen LogP contribution < -0.4 is 15.6 Å². The first-order valence-electron chi connectivity index (χ1n) is 6.71. The zero-order valence-electron chi connectivity index (χ0n) is 12.3. The Labute approximate surface area is 132 Å². The fraction of sp³-hybridized carbons (Fsp3) is 0.0588. The van der Waals surface area contributed by atoms with Crippen molar-refractivity contribution in [1.82, 2.24) is 10.9 Å². The SMILES string of the molecule is COc1ccc(C(=O)NNC(=O)C(=C=O)c2ccccc2)cc1. The number of hydrazine groups is 1. The van der Waals surface area contributed by atoms with Crippen molar-refractivity contribution in [2.45, 2.75) is 0 Å². The molecule has 0 aromatic heterocycles. The highest BCUT2D eigenvalue weighted by atomic mass is 16.5. The minimum absolute atomic E-state index is 0.194. The van der Waals surface area contributed by atoms with E-state index < -0.39 is 11.8 Å². The molecule has 0 unspecified atom stereocenters. The van der Waals surface area contributed by atoms with E-state index in [1.807, 2.05) is 0 Å². The molecule has 2 amide bonds. The fourth-order valence-electron chi connectivity index (χ4n) is 1.83. The van der Waals surface area contributed by atoms with Gasteiger partial charge in [-0.2, -0.15) is 0 Å². The summed E-state index contributed by atoms with van der Waals surface area (Å²) < 4.78 is 4.99. The summed E-state index contributed by atoms with van der Waals surface area (Å²) in [7, 11) is 1.52. The summed E-state index contributed by atoms with van der Waals surface area (Å²) in [5.74, 6) is 0.938. The zero-order chi connectivity index (χ0) is 16.7. The van der Waals surface area contributed by atoms with E-state index in [0.717, 1.165) is 0 Å². The number of carbonyl (C=O) groups is 2. The summed E-state index contributed by atoms with van der Waals surface area (Å²) in [5.41, 5.74) is 4.99. The quantitative estimate of drug-likeness (QED) is 0.507. The summed E-state index contributed by atoms with van der Waals surface area (Å²) >= 11 is 0. The molecule has 0 saturated heterocycles. The minimum Gasteiger partial charge on any atom is -0.497 e. The van der Waals surface area contributed by atoms with Gasteiger partial charge in [0.2, 0.25) is 0 Å². The highest BCUT2D eigenvalue weighted by molar-refractivity contribution is 6.27. The number of nitrogens with one attached hydrogen (secondary N) is 2. The van der Waals surface area contributed by atoms with Gasteiger partial charge in [0.1, 0.15) is 17.3 Å². The van der Waals surface area contributed by atoms with Gasteiger partial charge in [-0.15, -0.1) is 0 Å². The molecule has 116 valence electrons. The van der Waals surface area contributed by atoms with Gasteiger partial charge < -0.3 is 4.74 Å². The maximum atomic E-state index is 12.0. The molecule has 0 saturated carbocycles. The van der Waals surface area contributed by atoms with Gasteiger partial charge in [0.25, 0.3) is 11.8 Å². The van der Waals surface area contributed by atoms with E-state index in [4.69, 9.17) is 4.74 Å². The predicted octanol–water partition coefficient (Wildman–Crippen LogP) is 1.37. The number of rotatable bonds is 4. The summed E-state index contributed by atoms with van der Waals surface area (Å²) in [6, 6.07) is 14.7. The van der Waals surface area contributed by atoms with Crippen LogP contribution in [0, 0.1) is 0 Å². The largest absolute Gasteiger partial charge is 0.497 e. The Balaban J connectivity index is 2.00. The van der Waals surface area contributed by atoms with Crippen LogP contribution in [0.2, 0.25) is 0 Å². The van der Waals surface area contributed by atoms with Crippen molar-refractivity contribution < 1.29 is 19.1 Å². The van der Waals surface area contributed by atoms with Gasteiger partial charge in [-0.1, -0.05) is 30.3 Å². The summed E-state index contributed by atoms with van der Waals surface area (Å²) in [4.78, 5) is 34.9. The van der Waals surface area contributed by atoms with Crippen molar-refractivity contribution in [3.8, 4) is 5.75 Å². The smallest absolute Gasteiger partial charge is 0.281 e. The molecule has 0 radical (unpaired) electrons. The van der Waals surface area contributed by atoms with Crippen LogP contribution >= 0.6 is 0 Å². The van der Waals surface area contributed by atoms with Gasteiger partial charge in [-0.3, -0.25) is 20.4 Å². The third-order valence-corrected chi connectivity index (χ3v) is 3.03. The maximum absolute atomic E-state index is 12.0. The second-order valence-corrected chi connectivity index (χ2v) is 4.48. The normalized spacial score (nSPS) is 9.43. The van der Waals surface area contributed by atoms with Crippen molar-refractivity contribution in [3.05, 3.63) is 65.7 Å². The Kier molecular flexibility index (Phi) is 5.28. The van der Waals surface area contributed by atoms with Gasteiger partial charge in [0, 0.05) is 5.56 Å². The highest BCUT2D eigenvalue weighted by Crippen LogP contribution is 2.12. The first-order chi connectivity index (χ1) is 11.2. The predicted molar refractivity (Wildman–Crippen MR) is 84.1 cm³/mol. The molecule has 0 bridgehead atoms. The Morgan fingerprint density at radius 2 is 1.57 bits per heavy atom.